The van der Waals surface area contributed by atoms with Gasteiger partial charge in [-0.1, -0.05) is 12.8 Å². The fraction of sp³-hybridized carbons (Fsp3) is 0.765. The molecule has 0 radical (unpaired) electrons. The van der Waals surface area contributed by atoms with Gasteiger partial charge in [-0.25, -0.2) is 4.79 Å². The average Bonchev–Trinajstić information content (AvgIpc) is 3.17. The van der Waals surface area contributed by atoms with Gasteiger partial charge < -0.3 is 15.4 Å². The number of nitrogens with zero attached hydrogens (tertiary/aromatic N) is 2. The van der Waals surface area contributed by atoms with Gasteiger partial charge in [-0.2, -0.15) is 5.10 Å². The number of aryl methyl sites for hydroxylation is 1. The number of carbonyl (C=O) groups excluding carboxylic acids is 1. The van der Waals surface area contributed by atoms with Gasteiger partial charge in [0.25, 0.3) is 0 Å². The number of amides is 2. The minimum atomic E-state index is -0.0628. The molecule has 1 aromatic rings. The van der Waals surface area contributed by atoms with Crippen molar-refractivity contribution in [2.24, 2.45) is 12.5 Å². The Kier molecular flexibility index (Phi) is 4.90. The first-order valence-corrected chi connectivity index (χ1v) is 8.78. The van der Waals surface area contributed by atoms with Crippen molar-refractivity contribution in [2.45, 2.75) is 57.6 Å². The Bertz CT molecular complexity index is 536. The van der Waals surface area contributed by atoms with Crippen molar-refractivity contribution in [3.05, 3.63) is 18.0 Å². The molecule has 0 aliphatic heterocycles. The van der Waals surface area contributed by atoms with Crippen LogP contribution in [0.4, 0.5) is 4.79 Å². The number of ether oxygens (including phenoxy) is 1. The maximum Gasteiger partial charge on any atom is 0.315 e. The van der Waals surface area contributed by atoms with Crippen molar-refractivity contribution >= 4 is 6.03 Å². The van der Waals surface area contributed by atoms with Crippen LogP contribution in [0.3, 0.4) is 0 Å². The molecule has 0 saturated heterocycles. The molecule has 6 heteroatoms. The zero-order valence-corrected chi connectivity index (χ0v) is 14.2. The highest BCUT2D eigenvalue weighted by molar-refractivity contribution is 5.74. The van der Waals surface area contributed by atoms with Crippen LogP contribution in [-0.4, -0.2) is 41.1 Å². The molecular formula is C17H28N4O2. The van der Waals surface area contributed by atoms with Crippen molar-refractivity contribution in [2.75, 3.05) is 13.2 Å². The second-order valence-corrected chi connectivity index (χ2v) is 6.80. The zero-order valence-electron chi connectivity index (χ0n) is 14.2. The fourth-order valence-corrected chi connectivity index (χ4v) is 4.20. The van der Waals surface area contributed by atoms with Crippen molar-refractivity contribution in [3.8, 4) is 0 Å². The topological polar surface area (TPSA) is 68.2 Å². The summed E-state index contributed by atoms with van der Waals surface area (Å²) < 4.78 is 7.67. The van der Waals surface area contributed by atoms with E-state index in [0.717, 1.165) is 25.1 Å². The Morgan fingerprint density at radius 3 is 2.91 bits per heavy atom. The monoisotopic (exact) mass is 320 g/mol. The maximum absolute atomic E-state index is 12.2. The van der Waals surface area contributed by atoms with E-state index in [9.17, 15) is 4.79 Å². The Hall–Kier alpha value is -1.56. The lowest BCUT2D eigenvalue weighted by Gasteiger charge is -2.53. The molecule has 2 aliphatic rings. The molecule has 1 spiro atoms. The molecule has 2 amide bonds. The third-order valence-corrected chi connectivity index (χ3v) is 5.43. The van der Waals surface area contributed by atoms with Gasteiger partial charge in [0.05, 0.1) is 11.8 Å². The lowest BCUT2D eigenvalue weighted by molar-refractivity contribution is -0.126. The van der Waals surface area contributed by atoms with E-state index >= 15 is 0 Å². The van der Waals surface area contributed by atoms with Crippen molar-refractivity contribution in [1.29, 1.82) is 0 Å². The second-order valence-electron chi connectivity index (χ2n) is 6.80. The molecule has 2 fully saturated rings. The molecule has 2 N–H and O–H groups in total. The molecule has 6 nitrogen and oxygen atoms in total. The molecule has 1 aromatic heterocycles. The lowest BCUT2D eigenvalue weighted by Crippen LogP contribution is -2.64. The van der Waals surface area contributed by atoms with Crippen molar-refractivity contribution in [3.63, 3.8) is 0 Å². The summed E-state index contributed by atoms with van der Waals surface area (Å²) in [6.07, 6.45) is 8.81. The molecule has 128 valence electrons. The predicted molar refractivity (Wildman–Crippen MR) is 88.2 cm³/mol. The highest BCUT2D eigenvalue weighted by atomic mass is 16.5. The minimum absolute atomic E-state index is 0.0628. The average molecular weight is 320 g/mol. The van der Waals surface area contributed by atoms with E-state index in [4.69, 9.17) is 4.74 Å². The van der Waals surface area contributed by atoms with Gasteiger partial charge in [-0.05, 0) is 32.3 Å². The highest BCUT2D eigenvalue weighted by Crippen LogP contribution is 2.54. The normalized spacial score (nSPS) is 25.3. The maximum atomic E-state index is 12.2. The third kappa shape index (κ3) is 3.37. The number of aromatic nitrogens is 2. The first kappa shape index (κ1) is 16.3. The molecule has 2 aliphatic carbocycles. The first-order chi connectivity index (χ1) is 11.1. The summed E-state index contributed by atoms with van der Waals surface area (Å²) in [6, 6.07) is 2.18. The van der Waals surface area contributed by atoms with Gasteiger partial charge in [-0.15, -0.1) is 0 Å². The van der Waals surface area contributed by atoms with Crippen LogP contribution in [-0.2, 0) is 18.2 Å². The SMILES string of the molecule is CCO[C@@H]1C[C@@H](NC(=O)NCCc2ccn(C)n2)C12CCCC2. The van der Waals surface area contributed by atoms with Crippen LogP contribution in [0.5, 0.6) is 0 Å². The Morgan fingerprint density at radius 2 is 2.26 bits per heavy atom. The van der Waals surface area contributed by atoms with Crippen LogP contribution in [0, 0.1) is 5.41 Å². The van der Waals surface area contributed by atoms with E-state index in [1.165, 1.54) is 25.7 Å². The molecule has 1 heterocycles. The van der Waals surface area contributed by atoms with Gasteiger partial charge in [-0.3, -0.25) is 4.68 Å². The number of rotatable bonds is 6. The highest BCUT2D eigenvalue weighted by Gasteiger charge is 2.57. The molecule has 3 rings (SSSR count). The van der Waals surface area contributed by atoms with Crippen LogP contribution in [0.2, 0.25) is 0 Å². The molecule has 0 bridgehead atoms. The van der Waals surface area contributed by atoms with Gasteiger partial charge in [0.2, 0.25) is 0 Å². The number of carbonyl (C=O) groups is 1. The summed E-state index contributed by atoms with van der Waals surface area (Å²) >= 11 is 0. The van der Waals surface area contributed by atoms with Crippen LogP contribution in [0.25, 0.3) is 0 Å². The quantitative estimate of drug-likeness (QED) is 0.842. The zero-order chi connectivity index (χ0) is 16.3. The molecule has 2 atom stereocenters. The van der Waals surface area contributed by atoms with E-state index in [1.54, 1.807) is 4.68 Å². The van der Waals surface area contributed by atoms with Gasteiger partial charge in [0.15, 0.2) is 0 Å². The summed E-state index contributed by atoms with van der Waals surface area (Å²) in [6.45, 7) is 3.42. The molecule has 0 aromatic carbocycles. The van der Waals surface area contributed by atoms with E-state index in [0.29, 0.717) is 12.6 Å². The Labute approximate surface area is 138 Å². The lowest BCUT2D eigenvalue weighted by atomic mass is 9.60. The summed E-state index contributed by atoms with van der Waals surface area (Å²) in [5.41, 5.74) is 1.19. The van der Waals surface area contributed by atoms with Crippen molar-refractivity contribution in [1.82, 2.24) is 20.4 Å². The standard InChI is InChI=1S/C17H28N4O2/c1-3-23-15-12-14(17(15)8-4-5-9-17)19-16(22)18-10-6-13-7-11-21(2)20-13/h7,11,14-15H,3-6,8-10,12H2,1-2H3,(H2,18,19,22)/t14-,15-/m1/s1. The van der Waals surface area contributed by atoms with Gasteiger partial charge >= 0.3 is 6.03 Å². The summed E-state index contributed by atoms with van der Waals surface area (Å²) in [4.78, 5) is 12.2. The molecule has 23 heavy (non-hydrogen) atoms. The molecular weight excluding hydrogens is 292 g/mol. The second kappa shape index (κ2) is 6.91. The number of nitrogens with one attached hydrogen (secondary N) is 2. The Balaban J connectivity index is 1.44. The fourth-order valence-electron chi connectivity index (χ4n) is 4.20. The molecule has 0 unspecified atom stereocenters. The Morgan fingerprint density at radius 1 is 1.48 bits per heavy atom. The largest absolute Gasteiger partial charge is 0.378 e. The van der Waals surface area contributed by atoms with E-state index in [-0.39, 0.29) is 17.5 Å². The van der Waals surface area contributed by atoms with Gasteiger partial charge in [0, 0.05) is 44.3 Å². The molecule has 2 saturated carbocycles. The third-order valence-electron chi connectivity index (χ3n) is 5.43. The smallest absolute Gasteiger partial charge is 0.315 e. The van der Waals surface area contributed by atoms with Crippen LogP contribution >= 0.6 is 0 Å². The summed E-state index contributed by atoms with van der Waals surface area (Å²) in [5, 5.41) is 10.4. The predicted octanol–water partition coefficient (Wildman–Crippen LogP) is 2.00. The van der Waals surface area contributed by atoms with Crippen molar-refractivity contribution < 1.29 is 9.53 Å². The number of hydrogen-bond acceptors (Lipinski definition) is 3. The summed E-state index contributed by atoms with van der Waals surface area (Å²) in [7, 11) is 1.90. The first-order valence-electron chi connectivity index (χ1n) is 8.78. The van der Waals surface area contributed by atoms with Gasteiger partial charge in [0.1, 0.15) is 0 Å². The van der Waals surface area contributed by atoms with E-state index < -0.39 is 0 Å². The number of urea groups is 1. The minimum Gasteiger partial charge on any atom is -0.378 e. The van der Waals surface area contributed by atoms with Crippen LogP contribution in [0.1, 0.15) is 44.7 Å². The van der Waals surface area contributed by atoms with E-state index in [1.807, 2.05) is 26.2 Å². The van der Waals surface area contributed by atoms with Crippen LogP contribution < -0.4 is 10.6 Å². The number of hydrogen-bond donors (Lipinski definition) is 2. The van der Waals surface area contributed by atoms with Crippen LogP contribution in [0.15, 0.2) is 12.3 Å². The van der Waals surface area contributed by atoms with E-state index in [2.05, 4.69) is 15.7 Å². The summed E-state index contributed by atoms with van der Waals surface area (Å²) in [5.74, 6) is 0.